The minimum absolute atomic E-state index is 0.0769. The molecule has 1 aromatic heterocycles. The fraction of sp³-hybridized carbons (Fsp3) is 0.385. The van der Waals surface area contributed by atoms with Gasteiger partial charge in [0.05, 0.1) is 5.75 Å². The molecule has 0 aliphatic rings. The predicted octanol–water partition coefficient (Wildman–Crippen LogP) is 1.66. The van der Waals surface area contributed by atoms with Crippen molar-refractivity contribution in [3.8, 4) is 0 Å². The van der Waals surface area contributed by atoms with Gasteiger partial charge >= 0.3 is 0 Å². The SMILES string of the molecule is CCn1c(CS(C)(=O)=O)cc2ccc(CN)cc21. The van der Waals surface area contributed by atoms with Crippen molar-refractivity contribution in [2.75, 3.05) is 6.26 Å². The Morgan fingerprint density at radius 2 is 2.00 bits per heavy atom. The third-order valence-electron chi connectivity index (χ3n) is 3.02. The molecule has 0 spiro atoms. The van der Waals surface area contributed by atoms with Crippen molar-refractivity contribution in [1.82, 2.24) is 4.57 Å². The molecule has 0 atom stereocenters. The van der Waals surface area contributed by atoms with Crippen LogP contribution in [0.1, 0.15) is 18.2 Å². The van der Waals surface area contributed by atoms with Crippen LogP contribution in [-0.2, 0) is 28.7 Å². The highest BCUT2D eigenvalue weighted by Crippen LogP contribution is 2.22. The fourth-order valence-corrected chi connectivity index (χ4v) is 3.02. The van der Waals surface area contributed by atoms with Gasteiger partial charge in [-0.15, -0.1) is 0 Å². The summed E-state index contributed by atoms with van der Waals surface area (Å²) in [6, 6.07) is 7.95. The molecule has 0 bridgehead atoms. The van der Waals surface area contributed by atoms with Crippen molar-refractivity contribution in [2.24, 2.45) is 5.73 Å². The second kappa shape index (κ2) is 4.74. The summed E-state index contributed by atoms with van der Waals surface area (Å²) in [5.74, 6) is 0.0769. The van der Waals surface area contributed by atoms with Gasteiger partial charge in [-0.2, -0.15) is 0 Å². The summed E-state index contributed by atoms with van der Waals surface area (Å²) in [6.45, 7) is 3.26. The van der Waals surface area contributed by atoms with Crippen LogP contribution in [-0.4, -0.2) is 19.2 Å². The van der Waals surface area contributed by atoms with E-state index in [1.807, 2.05) is 35.8 Å². The highest BCUT2D eigenvalue weighted by Gasteiger charge is 2.12. The zero-order valence-corrected chi connectivity index (χ0v) is 11.5. The molecule has 2 rings (SSSR count). The van der Waals surface area contributed by atoms with Gasteiger partial charge in [-0.25, -0.2) is 8.42 Å². The first-order valence-corrected chi connectivity index (χ1v) is 7.99. The molecule has 5 heteroatoms. The van der Waals surface area contributed by atoms with E-state index in [4.69, 9.17) is 5.73 Å². The first kappa shape index (κ1) is 13.1. The Labute approximate surface area is 107 Å². The van der Waals surface area contributed by atoms with Crippen LogP contribution < -0.4 is 5.73 Å². The molecule has 0 saturated carbocycles. The molecule has 0 aliphatic heterocycles. The lowest BCUT2D eigenvalue weighted by atomic mass is 10.1. The first-order chi connectivity index (χ1) is 8.44. The molecule has 0 radical (unpaired) electrons. The zero-order chi connectivity index (χ0) is 13.3. The second-order valence-electron chi connectivity index (χ2n) is 4.55. The number of nitrogens with two attached hydrogens (primary N) is 1. The van der Waals surface area contributed by atoms with E-state index in [9.17, 15) is 8.42 Å². The van der Waals surface area contributed by atoms with E-state index >= 15 is 0 Å². The standard InChI is InChI=1S/C13H18N2O2S/c1-3-15-12(9-18(2,16)17)7-11-5-4-10(8-14)6-13(11)15/h4-7H,3,8-9,14H2,1-2H3. The number of fused-ring (bicyclic) bond motifs is 1. The lowest BCUT2D eigenvalue weighted by Crippen LogP contribution is -2.07. The van der Waals surface area contributed by atoms with Crippen LogP contribution in [0.25, 0.3) is 10.9 Å². The molecule has 0 aliphatic carbocycles. The summed E-state index contributed by atoms with van der Waals surface area (Å²) in [4.78, 5) is 0. The van der Waals surface area contributed by atoms with Gasteiger partial charge in [0.1, 0.15) is 0 Å². The summed E-state index contributed by atoms with van der Waals surface area (Å²) < 4.78 is 24.9. The molecule has 0 saturated heterocycles. The molecule has 0 amide bonds. The lowest BCUT2D eigenvalue weighted by molar-refractivity contribution is 0.598. The van der Waals surface area contributed by atoms with Gasteiger partial charge < -0.3 is 10.3 Å². The summed E-state index contributed by atoms with van der Waals surface area (Å²) >= 11 is 0. The van der Waals surface area contributed by atoms with E-state index in [1.54, 1.807) is 0 Å². The summed E-state index contributed by atoms with van der Waals surface area (Å²) in [5.41, 5.74) is 8.58. The van der Waals surface area contributed by atoms with Crippen LogP contribution in [0.4, 0.5) is 0 Å². The Morgan fingerprint density at radius 1 is 1.28 bits per heavy atom. The normalized spacial score (nSPS) is 12.2. The van der Waals surface area contributed by atoms with Gasteiger partial charge in [-0.05, 0) is 30.0 Å². The quantitative estimate of drug-likeness (QED) is 0.915. The van der Waals surface area contributed by atoms with Crippen LogP contribution in [0, 0.1) is 0 Å². The fourth-order valence-electron chi connectivity index (χ4n) is 2.25. The summed E-state index contributed by atoms with van der Waals surface area (Å²) in [5, 5.41) is 1.06. The first-order valence-electron chi connectivity index (χ1n) is 5.93. The minimum Gasteiger partial charge on any atom is -0.344 e. The molecule has 18 heavy (non-hydrogen) atoms. The van der Waals surface area contributed by atoms with Crippen molar-refractivity contribution in [2.45, 2.75) is 25.8 Å². The van der Waals surface area contributed by atoms with Crippen LogP contribution >= 0.6 is 0 Å². The highest BCUT2D eigenvalue weighted by molar-refractivity contribution is 7.89. The average molecular weight is 266 g/mol. The number of rotatable bonds is 4. The van der Waals surface area contributed by atoms with E-state index in [0.717, 1.165) is 28.7 Å². The van der Waals surface area contributed by atoms with Gasteiger partial charge in [0, 0.05) is 30.6 Å². The summed E-state index contributed by atoms with van der Waals surface area (Å²) in [7, 11) is -3.02. The molecule has 2 aromatic rings. The smallest absolute Gasteiger partial charge is 0.153 e. The van der Waals surface area contributed by atoms with E-state index < -0.39 is 9.84 Å². The molecule has 0 unspecified atom stereocenters. The molecule has 1 aromatic carbocycles. The number of benzene rings is 1. The maximum atomic E-state index is 11.4. The van der Waals surface area contributed by atoms with Crippen LogP contribution in [0.15, 0.2) is 24.3 Å². The van der Waals surface area contributed by atoms with Crippen LogP contribution in [0.2, 0.25) is 0 Å². The second-order valence-corrected chi connectivity index (χ2v) is 6.69. The topological polar surface area (TPSA) is 65.1 Å². The van der Waals surface area contributed by atoms with Crippen molar-refractivity contribution < 1.29 is 8.42 Å². The number of hydrogen-bond donors (Lipinski definition) is 1. The molecule has 2 N–H and O–H groups in total. The highest BCUT2D eigenvalue weighted by atomic mass is 32.2. The maximum Gasteiger partial charge on any atom is 0.153 e. The summed E-state index contributed by atoms with van der Waals surface area (Å²) in [6.07, 6.45) is 1.26. The van der Waals surface area contributed by atoms with Crippen molar-refractivity contribution in [3.63, 3.8) is 0 Å². The zero-order valence-electron chi connectivity index (χ0n) is 10.7. The van der Waals surface area contributed by atoms with Gasteiger partial charge in [-0.1, -0.05) is 12.1 Å². The predicted molar refractivity (Wildman–Crippen MR) is 74.1 cm³/mol. The van der Waals surface area contributed by atoms with E-state index in [-0.39, 0.29) is 5.75 Å². The monoisotopic (exact) mass is 266 g/mol. The minimum atomic E-state index is -3.02. The number of hydrogen-bond acceptors (Lipinski definition) is 3. The van der Waals surface area contributed by atoms with Gasteiger partial charge in [0.2, 0.25) is 0 Å². The van der Waals surface area contributed by atoms with E-state index in [1.165, 1.54) is 6.26 Å². The van der Waals surface area contributed by atoms with E-state index in [2.05, 4.69) is 0 Å². The van der Waals surface area contributed by atoms with Crippen molar-refractivity contribution in [3.05, 3.63) is 35.5 Å². The maximum absolute atomic E-state index is 11.4. The third-order valence-corrected chi connectivity index (χ3v) is 3.84. The average Bonchev–Trinajstić information content (AvgIpc) is 2.62. The Balaban J connectivity index is 2.61. The molecule has 1 heterocycles. The Kier molecular flexibility index (Phi) is 3.45. The Morgan fingerprint density at radius 3 is 2.56 bits per heavy atom. The molecule has 4 nitrogen and oxygen atoms in total. The van der Waals surface area contributed by atoms with Crippen molar-refractivity contribution >= 4 is 20.7 Å². The lowest BCUT2D eigenvalue weighted by Gasteiger charge is -2.07. The van der Waals surface area contributed by atoms with Gasteiger partial charge in [0.25, 0.3) is 0 Å². The molecular formula is C13H18N2O2S. The van der Waals surface area contributed by atoms with Gasteiger partial charge in [0.15, 0.2) is 9.84 Å². The molecule has 98 valence electrons. The number of aromatic nitrogens is 1. The molecular weight excluding hydrogens is 248 g/mol. The van der Waals surface area contributed by atoms with Crippen LogP contribution in [0.5, 0.6) is 0 Å². The van der Waals surface area contributed by atoms with Crippen LogP contribution in [0.3, 0.4) is 0 Å². The number of sulfone groups is 1. The Hall–Kier alpha value is -1.33. The largest absolute Gasteiger partial charge is 0.344 e. The number of aryl methyl sites for hydroxylation is 1. The third kappa shape index (κ3) is 2.57. The Bertz CT molecular complexity index is 672. The van der Waals surface area contributed by atoms with Gasteiger partial charge in [-0.3, -0.25) is 0 Å². The number of nitrogens with zero attached hydrogens (tertiary/aromatic N) is 1. The van der Waals surface area contributed by atoms with Crippen molar-refractivity contribution in [1.29, 1.82) is 0 Å². The van der Waals surface area contributed by atoms with E-state index in [0.29, 0.717) is 6.54 Å². The molecule has 0 fully saturated rings.